The van der Waals surface area contributed by atoms with E-state index in [4.69, 9.17) is 9.29 Å². The molecule has 1 saturated heterocycles. The van der Waals surface area contributed by atoms with E-state index in [2.05, 4.69) is 0 Å². The fourth-order valence-electron chi connectivity index (χ4n) is 1.52. The SMILES string of the molecule is CCC(N1CCOCC1)S(=O)(=O)O.[Na]. The van der Waals surface area contributed by atoms with Gasteiger partial charge in [0.15, 0.2) is 0 Å². The summed E-state index contributed by atoms with van der Waals surface area (Å²) < 4.78 is 35.9. The Morgan fingerprint density at radius 2 is 1.93 bits per heavy atom. The monoisotopic (exact) mass is 232 g/mol. The topological polar surface area (TPSA) is 66.8 Å². The fraction of sp³-hybridized carbons (Fsp3) is 1.00. The molecular formula is C7H15NNaO4S. The van der Waals surface area contributed by atoms with Gasteiger partial charge in [-0.1, -0.05) is 6.92 Å². The van der Waals surface area contributed by atoms with Gasteiger partial charge in [0.1, 0.15) is 5.37 Å². The molecule has 1 N–H and O–H groups in total. The van der Waals surface area contributed by atoms with Gasteiger partial charge in [0, 0.05) is 42.6 Å². The Morgan fingerprint density at radius 1 is 1.43 bits per heavy atom. The van der Waals surface area contributed by atoms with Crippen molar-refractivity contribution in [3.05, 3.63) is 0 Å². The van der Waals surface area contributed by atoms with Crippen LogP contribution in [0.4, 0.5) is 0 Å². The van der Waals surface area contributed by atoms with E-state index in [0.29, 0.717) is 32.7 Å². The second-order valence-corrected chi connectivity index (χ2v) is 4.60. The maximum absolute atomic E-state index is 10.9. The van der Waals surface area contributed by atoms with Crippen LogP contribution in [0.5, 0.6) is 0 Å². The molecule has 79 valence electrons. The van der Waals surface area contributed by atoms with Crippen LogP contribution in [0.1, 0.15) is 13.3 Å². The van der Waals surface area contributed by atoms with Crippen molar-refractivity contribution < 1.29 is 17.7 Å². The van der Waals surface area contributed by atoms with E-state index >= 15 is 0 Å². The molecule has 0 bridgehead atoms. The van der Waals surface area contributed by atoms with Crippen LogP contribution in [0.25, 0.3) is 0 Å². The van der Waals surface area contributed by atoms with Gasteiger partial charge in [0.2, 0.25) is 0 Å². The van der Waals surface area contributed by atoms with Crippen LogP contribution in [-0.2, 0) is 14.9 Å². The van der Waals surface area contributed by atoms with Gasteiger partial charge in [0.25, 0.3) is 10.1 Å². The Balaban J connectivity index is 0.00000169. The third-order valence-corrected chi connectivity index (χ3v) is 3.47. The van der Waals surface area contributed by atoms with Crippen molar-refractivity contribution >= 4 is 39.7 Å². The molecule has 0 aliphatic carbocycles. The minimum atomic E-state index is -3.94. The van der Waals surface area contributed by atoms with Crippen LogP contribution < -0.4 is 0 Å². The minimum Gasteiger partial charge on any atom is -0.379 e. The Labute approximate surface area is 107 Å². The van der Waals surface area contributed by atoms with Crippen LogP contribution in [0.3, 0.4) is 0 Å². The fourth-order valence-corrected chi connectivity index (χ4v) is 2.53. The first kappa shape index (κ1) is 14.8. The maximum atomic E-state index is 10.9. The third-order valence-electron chi connectivity index (χ3n) is 2.15. The summed E-state index contributed by atoms with van der Waals surface area (Å²) in [5.41, 5.74) is 0. The van der Waals surface area contributed by atoms with E-state index in [1.807, 2.05) is 0 Å². The summed E-state index contributed by atoms with van der Waals surface area (Å²) >= 11 is 0. The molecule has 0 aromatic rings. The van der Waals surface area contributed by atoms with Gasteiger partial charge in [-0.3, -0.25) is 9.45 Å². The molecule has 14 heavy (non-hydrogen) atoms. The molecule has 1 heterocycles. The molecule has 0 spiro atoms. The van der Waals surface area contributed by atoms with Crippen molar-refractivity contribution in [2.75, 3.05) is 26.3 Å². The van der Waals surface area contributed by atoms with Gasteiger partial charge >= 0.3 is 0 Å². The molecule has 1 rings (SSSR count). The summed E-state index contributed by atoms with van der Waals surface area (Å²) in [6.45, 7) is 3.95. The molecule has 7 heteroatoms. The van der Waals surface area contributed by atoms with Crippen molar-refractivity contribution in [3.63, 3.8) is 0 Å². The first-order valence-corrected chi connectivity index (χ1v) is 5.84. The first-order chi connectivity index (χ1) is 6.05. The number of morpholine rings is 1. The largest absolute Gasteiger partial charge is 0.379 e. The first-order valence-electron chi connectivity index (χ1n) is 4.33. The zero-order chi connectivity index (χ0) is 9.90. The average Bonchev–Trinajstić information content (AvgIpc) is 2.05. The molecular weight excluding hydrogens is 217 g/mol. The zero-order valence-corrected chi connectivity index (χ0v) is 11.5. The molecule has 1 aliphatic rings. The zero-order valence-electron chi connectivity index (χ0n) is 8.64. The number of hydrogen-bond donors (Lipinski definition) is 1. The Bertz CT molecular complexity index is 250. The van der Waals surface area contributed by atoms with Gasteiger partial charge in [0.05, 0.1) is 13.2 Å². The van der Waals surface area contributed by atoms with Crippen molar-refractivity contribution in [3.8, 4) is 0 Å². The predicted octanol–water partition coefficient (Wildman–Crippen LogP) is -0.438. The van der Waals surface area contributed by atoms with E-state index in [1.54, 1.807) is 11.8 Å². The van der Waals surface area contributed by atoms with Crippen LogP contribution >= 0.6 is 0 Å². The van der Waals surface area contributed by atoms with Crippen molar-refractivity contribution in [1.29, 1.82) is 0 Å². The van der Waals surface area contributed by atoms with E-state index < -0.39 is 15.5 Å². The van der Waals surface area contributed by atoms with E-state index in [0.717, 1.165) is 0 Å². The predicted molar refractivity (Wildman–Crippen MR) is 53.8 cm³/mol. The summed E-state index contributed by atoms with van der Waals surface area (Å²) in [5, 5.41) is -0.767. The number of hydrogen-bond acceptors (Lipinski definition) is 4. The van der Waals surface area contributed by atoms with Crippen LogP contribution in [0, 0.1) is 0 Å². The molecule has 1 fully saturated rings. The summed E-state index contributed by atoms with van der Waals surface area (Å²) in [6, 6.07) is 0. The van der Waals surface area contributed by atoms with Crippen molar-refractivity contribution in [2.24, 2.45) is 0 Å². The van der Waals surface area contributed by atoms with Gasteiger partial charge in [-0.2, -0.15) is 8.42 Å². The molecule has 0 aromatic carbocycles. The number of ether oxygens (including phenoxy) is 1. The quantitative estimate of drug-likeness (QED) is 0.528. The molecule has 0 aromatic heterocycles. The van der Waals surface area contributed by atoms with Gasteiger partial charge in [-0.25, -0.2) is 0 Å². The summed E-state index contributed by atoms with van der Waals surface area (Å²) in [7, 11) is -3.94. The molecule has 5 nitrogen and oxygen atoms in total. The van der Waals surface area contributed by atoms with Crippen LogP contribution in [-0.4, -0.2) is 79.1 Å². The standard InChI is InChI=1S/C7H15NO4S.Na/c1-2-7(13(9,10)11)8-3-5-12-6-4-8;/h7H,2-6H2,1H3,(H,9,10,11);. The number of rotatable bonds is 3. The average molecular weight is 232 g/mol. The normalized spacial score (nSPS) is 21.3. The Hall–Kier alpha value is 0.830. The maximum Gasteiger partial charge on any atom is 0.281 e. The smallest absolute Gasteiger partial charge is 0.281 e. The number of nitrogens with zero attached hydrogens (tertiary/aromatic N) is 1. The Morgan fingerprint density at radius 3 is 2.29 bits per heavy atom. The van der Waals surface area contributed by atoms with E-state index in [-0.39, 0.29) is 29.6 Å². The summed E-state index contributed by atoms with van der Waals surface area (Å²) in [4.78, 5) is 1.73. The van der Waals surface area contributed by atoms with E-state index in [1.165, 1.54) is 0 Å². The molecule has 0 saturated carbocycles. The molecule has 1 atom stereocenters. The van der Waals surface area contributed by atoms with Gasteiger partial charge in [-0.05, 0) is 6.42 Å². The molecule has 1 aliphatic heterocycles. The summed E-state index contributed by atoms with van der Waals surface area (Å²) in [6.07, 6.45) is 0.402. The minimum absolute atomic E-state index is 0. The van der Waals surface area contributed by atoms with Gasteiger partial charge < -0.3 is 4.74 Å². The van der Waals surface area contributed by atoms with Crippen molar-refractivity contribution in [2.45, 2.75) is 18.7 Å². The molecule has 1 radical (unpaired) electrons. The van der Waals surface area contributed by atoms with Crippen molar-refractivity contribution in [1.82, 2.24) is 4.90 Å². The summed E-state index contributed by atoms with van der Waals surface area (Å²) in [5.74, 6) is 0. The van der Waals surface area contributed by atoms with Crippen LogP contribution in [0.15, 0.2) is 0 Å². The van der Waals surface area contributed by atoms with Gasteiger partial charge in [-0.15, -0.1) is 0 Å². The Kier molecular flexibility index (Phi) is 6.80. The van der Waals surface area contributed by atoms with Crippen LogP contribution in [0.2, 0.25) is 0 Å². The van der Waals surface area contributed by atoms with E-state index in [9.17, 15) is 8.42 Å². The third kappa shape index (κ3) is 4.14. The second-order valence-electron chi connectivity index (χ2n) is 3.03. The second kappa shape index (κ2) is 6.42. The molecule has 0 amide bonds. The molecule has 1 unspecified atom stereocenters.